The molecule has 2 fully saturated rings. The van der Waals surface area contributed by atoms with Crippen LogP contribution in [0.5, 0.6) is 5.75 Å². The highest BCUT2D eigenvalue weighted by atomic mass is 35.5. The molecule has 0 aromatic heterocycles. The second kappa shape index (κ2) is 12.9. The molecule has 1 saturated carbocycles. The Kier molecular flexibility index (Phi) is 9.63. The van der Waals surface area contributed by atoms with Crippen LogP contribution in [-0.2, 0) is 20.9 Å². The Bertz CT molecular complexity index is 1170. The van der Waals surface area contributed by atoms with Gasteiger partial charge in [-0.25, -0.2) is 4.39 Å². The van der Waals surface area contributed by atoms with Crippen molar-refractivity contribution in [2.24, 2.45) is 5.92 Å². The highest BCUT2D eigenvalue weighted by Crippen LogP contribution is 2.35. The number of amides is 2. The number of carboxylic acid groups (broad SMARTS) is 1. The van der Waals surface area contributed by atoms with Gasteiger partial charge in [0.1, 0.15) is 6.61 Å². The molecule has 2 aromatic rings. The van der Waals surface area contributed by atoms with Gasteiger partial charge in [0.25, 0.3) is 0 Å². The van der Waals surface area contributed by atoms with Gasteiger partial charge >= 0.3 is 5.97 Å². The first-order valence-electron chi connectivity index (χ1n) is 12.9. The molecule has 1 aliphatic carbocycles. The molecule has 0 spiro atoms. The van der Waals surface area contributed by atoms with E-state index in [1.165, 1.54) is 12.1 Å². The van der Waals surface area contributed by atoms with Crippen LogP contribution < -0.4 is 4.74 Å². The Labute approximate surface area is 231 Å². The van der Waals surface area contributed by atoms with Crippen LogP contribution in [0.25, 0.3) is 0 Å². The van der Waals surface area contributed by atoms with E-state index in [1.54, 1.807) is 24.3 Å². The van der Waals surface area contributed by atoms with E-state index in [0.717, 1.165) is 36.1 Å². The quantitative estimate of drug-likeness (QED) is 0.324. The predicted octanol–water partition coefficient (Wildman–Crippen LogP) is 5.87. The highest BCUT2D eigenvalue weighted by molar-refractivity contribution is 6.42. The zero-order valence-corrected chi connectivity index (χ0v) is 22.5. The lowest BCUT2D eigenvalue weighted by molar-refractivity contribution is -0.140. The summed E-state index contributed by atoms with van der Waals surface area (Å²) in [6.45, 7) is 1.09. The largest absolute Gasteiger partial charge is 0.489 e. The first-order valence-corrected chi connectivity index (χ1v) is 13.6. The van der Waals surface area contributed by atoms with Gasteiger partial charge in [-0.15, -0.1) is 0 Å². The minimum absolute atomic E-state index is 0.000433. The zero-order chi connectivity index (χ0) is 27.2. The molecule has 1 N–H and O–H groups in total. The van der Waals surface area contributed by atoms with Crippen molar-refractivity contribution in [3.63, 3.8) is 0 Å². The van der Waals surface area contributed by atoms with E-state index in [9.17, 15) is 23.9 Å². The molecule has 0 bridgehead atoms. The molecular formula is C28H31Cl2FN2O5. The molecule has 204 valence electrons. The summed E-state index contributed by atoms with van der Waals surface area (Å²) in [6.07, 6.45) is 4.69. The number of imide groups is 1. The van der Waals surface area contributed by atoms with Gasteiger partial charge < -0.3 is 9.84 Å². The van der Waals surface area contributed by atoms with Gasteiger partial charge in [-0.1, -0.05) is 48.2 Å². The number of hydrogen-bond donors (Lipinski definition) is 1. The van der Waals surface area contributed by atoms with Crippen molar-refractivity contribution in [3.05, 3.63) is 63.4 Å². The molecule has 1 aliphatic heterocycles. The third-order valence-electron chi connectivity index (χ3n) is 7.21. The Morgan fingerprint density at radius 2 is 1.79 bits per heavy atom. The van der Waals surface area contributed by atoms with Gasteiger partial charge in [0, 0.05) is 32.0 Å². The predicted molar refractivity (Wildman–Crippen MR) is 142 cm³/mol. The monoisotopic (exact) mass is 564 g/mol. The van der Waals surface area contributed by atoms with Crippen LogP contribution in [0, 0.1) is 11.7 Å². The Morgan fingerprint density at radius 3 is 2.42 bits per heavy atom. The van der Waals surface area contributed by atoms with Crippen LogP contribution in [0.15, 0.2) is 36.4 Å². The molecule has 2 amide bonds. The Morgan fingerprint density at radius 1 is 1.08 bits per heavy atom. The minimum atomic E-state index is -0.942. The minimum Gasteiger partial charge on any atom is -0.489 e. The maximum atomic E-state index is 15.0. The normalized spacial score (nSPS) is 17.0. The van der Waals surface area contributed by atoms with Gasteiger partial charge in [0.2, 0.25) is 11.8 Å². The number of carbonyl (C=O) groups is 3. The van der Waals surface area contributed by atoms with Crippen LogP contribution in [0.2, 0.25) is 10.0 Å². The number of halogens is 3. The maximum Gasteiger partial charge on any atom is 0.305 e. The van der Waals surface area contributed by atoms with Gasteiger partial charge in [-0.05, 0) is 54.2 Å². The molecule has 1 heterocycles. The lowest BCUT2D eigenvalue weighted by Crippen LogP contribution is -2.34. The summed E-state index contributed by atoms with van der Waals surface area (Å²) in [5, 5.41) is 10.5. The number of benzene rings is 2. The van der Waals surface area contributed by atoms with Crippen molar-refractivity contribution in [3.8, 4) is 5.75 Å². The summed E-state index contributed by atoms with van der Waals surface area (Å²) in [4.78, 5) is 38.6. The molecule has 4 rings (SSSR count). The highest BCUT2D eigenvalue weighted by Gasteiger charge is 2.29. The molecule has 1 unspecified atom stereocenters. The Balaban J connectivity index is 1.50. The van der Waals surface area contributed by atoms with Crippen LogP contribution in [0.3, 0.4) is 0 Å². The Hall–Kier alpha value is -2.68. The average Bonchev–Trinajstić information content (AvgIpc) is 3.50. The van der Waals surface area contributed by atoms with Crippen LogP contribution in [0.4, 0.5) is 4.39 Å². The van der Waals surface area contributed by atoms with E-state index >= 15 is 0 Å². The lowest BCUT2D eigenvalue weighted by atomic mass is 9.98. The molecule has 2 aliphatic rings. The van der Waals surface area contributed by atoms with Crippen molar-refractivity contribution < 1.29 is 28.6 Å². The smallest absolute Gasteiger partial charge is 0.305 e. The topological polar surface area (TPSA) is 87.2 Å². The van der Waals surface area contributed by atoms with Gasteiger partial charge in [-0.3, -0.25) is 24.2 Å². The van der Waals surface area contributed by atoms with Gasteiger partial charge in [-0.2, -0.15) is 0 Å². The molecule has 2 aromatic carbocycles. The van der Waals surface area contributed by atoms with Crippen LogP contribution >= 0.6 is 23.2 Å². The van der Waals surface area contributed by atoms with Crippen LogP contribution in [0.1, 0.15) is 62.1 Å². The molecule has 38 heavy (non-hydrogen) atoms. The van der Waals surface area contributed by atoms with E-state index in [1.807, 2.05) is 0 Å². The van der Waals surface area contributed by atoms with E-state index < -0.39 is 17.8 Å². The van der Waals surface area contributed by atoms with E-state index in [4.69, 9.17) is 27.9 Å². The third kappa shape index (κ3) is 7.24. The molecule has 1 atom stereocenters. The zero-order valence-electron chi connectivity index (χ0n) is 21.0. The lowest BCUT2D eigenvalue weighted by Gasteiger charge is -2.33. The molecule has 1 saturated heterocycles. The third-order valence-corrected chi connectivity index (χ3v) is 7.95. The number of likely N-dealkylation sites (tertiary alicyclic amines) is 1. The molecule has 10 heteroatoms. The summed E-state index contributed by atoms with van der Waals surface area (Å²) in [5.41, 5.74) is 1.42. The summed E-state index contributed by atoms with van der Waals surface area (Å²) in [5.74, 6) is -1.53. The number of ether oxygens (including phenoxy) is 1. The van der Waals surface area contributed by atoms with Crippen molar-refractivity contribution in [1.82, 2.24) is 9.80 Å². The fourth-order valence-electron chi connectivity index (χ4n) is 5.28. The second-order valence-corrected chi connectivity index (χ2v) is 10.7. The molecular weight excluding hydrogens is 534 g/mol. The van der Waals surface area contributed by atoms with Gasteiger partial charge in [0.15, 0.2) is 11.6 Å². The standard InChI is InChI=1S/C28H31Cl2FN2O5/c29-21-7-6-20(14-22(21)30)24(15-28(36)37)32(16-18-3-1-2-4-18)17-19-5-8-25(23(31)13-19)38-12-11-33-26(34)9-10-27(33)35/h5-8,13-14,18,24H,1-4,9-12,15-17H2,(H,36,37). The maximum absolute atomic E-state index is 15.0. The van der Waals surface area contributed by atoms with Crippen molar-refractivity contribution in [1.29, 1.82) is 0 Å². The summed E-state index contributed by atoms with van der Waals surface area (Å²) >= 11 is 12.4. The van der Waals surface area contributed by atoms with Crippen molar-refractivity contribution in [2.75, 3.05) is 19.7 Å². The molecule has 0 radical (unpaired) electrons. The number of nitrogens with zero attached hydrogens (tertiary/aromatic N) is 2. The van der Waals surface area contributed by atoms with E-state index in [0.29, 0.717) is 34.6 Å². The number of hydrogen-bond acceptors (Lipinski definition) is 5. The van der Waals surface area contributed by atoms with E-state index in [-0.39, 0.29) is 50.0 Å². The van der Waals surface area contributed by atoms with E-state index in [2.05, 4.69) is 4.90 Å². The fourth-order valence-corrected chi connectivity index (χ4v) is 5.59. The SMILES string of the molecule is O=C(O)CC(c1ccc(Cl)c(Cl)c1)N(Cc1ccc(OCCN2C(=O)CCC2=O)c(F)c1)CC1CCCC1. The summed E-state index contributed by atoms with van der Waals surface area (Å²) < 4.78 is 20.5. The first-order chi connectivity index (χ1) is 18.2. The average molecular weight is 565 g/mol. The number of carbonyl (C=O) groups excluding carboxylic acids is 2. The molecule has 7 nitrogen and oxygen atoms in total. The van der Waals surface area contributed by atoms with Gasteiger partial charge in [0.05, 0.1) is 23.0 Å². The second-order valence-electron chi connectivity index (χ2n) is 9.92. The number of rotatable bonds is 12. The summed E-state index contributed by atoms with van der Waals surface area (Å²) in [6, 6.07) is 9.34. The van der Waals surface area contributed by atoms with Crippen molar-refractivity contribution in [2.45, 2.75) is 57.5 Å². The summed E-state index contributed by atoms with van der Waals surface area (Å²) in [7, 11) is 0. The van der Waals surface area contributed by atoms with Crippen molar-refractivity contribution >= 4 is 41.0 Å². The first kappa shape index (κ1) is 28.3. The number of carboxylic acids is 1. The fraction of sp³-hybridized carbons (Fsp3) is 0.464. The number of aliphatic carboxylic acids is 1. The van der Waals surface area contributed by atoms with Crippen LogP contribution in [-0.4, -0.2) is 52.4 Å².